The molecule has 0 fully saturated rings. The molecule has 0 spiro atoms. The van der Waals surface area contributed by atoms with Crippen LogP contribution in [0.3, 0.4) is 0 Å². The zero-order valence-electron chi connectivity index (χ0n) is 9.98. The van der Waals surface area contributed by atoms with Gasteiger partial charge in [-0.3, -0.25) is 4.98 Å². The van der Waals surface area contributed by atoms with Crippen molar-refractivity contribution in [1.82, 2.24) is 10.1 Å². The molecule has 2 heterocycles. The van der Waals surface area contributed by atoms with Gasteiger partial charge in [0.15, 0.2) is 11.4 Å². The number of halogens is 3. The average Bonchev–Trinajstić information content (AvgIpc) is 2.82. The van der Waals surface area contributed by atoms with E-state index in [4.69, 9.17) is 4.52 Å². The van der Waals surface area contributed by atoms with Gasteiger partial charge < -0.3 is 9.84 Å². The fourth-order valence-electron chi connectivity index (χ4n) is 1.78. The summed E-state index contributed by atoms with van der Waals surface area (Å²) in [5.41, 5.74) is 0.202. The van der Waals surface area contributed by atoms with E-state index < -0.39 is 11.7 Å². The van der Waals surface area contributed by atoms with E-state index >= 15 is 0 Å². The second kappa shape index (κ2) is 4.52. The van der Waals surface area contributed by atoms with Crippen molar-refractivity contribution >= 4 is 22.5 Å². The maximum Gasteiger partial charge on any atom is 0.416 e. The second-order valence-corrected chi connectivity index (χ2v) is 4.10. The van der Waals surface area contributed by atoms with E-state index in [1.54, 1.807) is 24.5 Å². The Hall–Kier alpha value is -2.57. The fourth-order valence-corrected chi connectivity index (χ4v) is 1.78. The number of alkyl halides is 3. The molecule has 3 aromatic rings. The lowest BCUT2D eigenvalue weighted by Gasteiger charge is -2.06. The van der Waals surface area contributed by atoms with E-state index in [1.165, 1.54) is 6.07 Å². The number of nitrogens with one attached hydrogen (secondary N) is 1. The van der Waals surface area contributed by atoms with Gasteiger partial charge in [-0.2, -0.15) is 13.2 Å². The molecule has 20 heavy (non-hydrogen) atoms. The Balaban J connectivity index is 2.03. The lowest BCUT2D eigenvalue weighted by Crippen LogP contribution is -2.04. The molecule has 0 saturated heterocycles. The molecule has 0 amide bonds. The zero-order valence-corrected chi connectivity index (χ0v) is 9.98. The Morgan fingerprint density at radius 3 is 2.50 bits per heavy atom. The highest BCUT2D eigenvalue weighted by molar-refractivity contribution is 5.90. The molecule has 0 aliphatic carbocycles. The van der Waals surface area contributed by atoms with Crippen molar-refractivity contribution in [3.05, 3.63) is 48.3 Å². The van der Waals surface area contributed by atoms with Crippen LogP contribution in [0, 0.1) is 0 Å². The van der Waals surface area contributed by atoms with Gasteiger partial charge in [-0.1, -0.05) is 5.16 Å². The molecule has 2 aromatic heterocycles. The van der Waals surface area contributed by atoms with Crippen molar-refractivity contribution in [2.75, 3.05) is 5.32 Å². The minimum atomic E-state index is -4.40. The number of fused-ring (bicyclic) bond motifs is 1. The lowest BCUT2D eigenvalue weighted by atomic mass is 10.1. The van der Waals surface area contributed by atoms with Crippen molar-refractivity contribution < 1.29 is 17.7 Å². The third kappa shape index (κ3) is 2.29. The number of pyridine rings is 1. The molecule has 0 unspecified atom stereocenters. The second-order valence-electron chi connectivity index (χ2n) is 4.10. The summed E-state index contributed by atoms with van der Waals surface area (Å²) in [4.78, 5) is 3.85. The standard InChI is InChI=1S/C13H8F3N3O/c14-13(15,16)8-1-2-11-10(7-8)12(19-20-11)18-9-3-5-17-6-4-9/h1-7H,(H,17,18,19). The molecule has 0 aliphatic heterocycles. The summed E-state index contributed by atoms with van der Waals surface area (Å²) < 4.78 is 43.1. The van der Waals surface area contributed by atoms with Crippen LogP contribution in [0.25, 0.3) is 11.0 Å². The number of rotatable bonds is 2. The summed E-state index contributed by atoms with van der Waals surface area (Å²) in [6.45, 7) is 0. The Morgan fingerprint density at radius 1 is 1.05 bits per heavy atom. The molecule has 0 saturated carbocycles. The van der Waals surface area contributed by atoms with Gasteiger partial charge in [-0.15, -0.1) is 0 Å². The van der Waals surface area contributed by atoms with Gasteiger partial charge in [0, 0.05) is 18.1 Å². The lowest BCUT2D eigenvalue weighted by molar-refractivity contribution is -0.137. The molecule has 3 rings (SSSR count). The molecule has 7 heteroatoms. The molecule has 0 radical (unpaired) electrons. The molecule has 1 N–H and O–H groups in total. The van der Waals surface area contributed by atoms with Crippen LogP contribution in [0.15, 0.2) is 47.2 Å². The number of anilines is 2. The topological polar surface area (TPSA) is 51.0 Å². The van der Waals surface area contributed by atoms with E-state index in [9.17, 15) is 13.2 Å². The van der Waals surface area contributed by atoms with Gasteiger partial charge in [-0.05, 0) is 30.3 Å². The summed E-state index contributed by atoms with van der Waals surface area (Å²) in [6.07, 6.45) is -1.28. The molecule has 0 atom stereocenters. The average molecular weight is 279 g/mol. The predicted octanol–water partition coefficient (Wildman–Crippen LogP) is 3.99. The van der Waals surface area contributed by atoms with Crippen molar-refractivity contribution in [2.24, 2.45) is 0 Å². The van der Waals surface area contributed by atoms with E-state index in [0.717, 1.165) is 12.1 Å². The van der Waals surface area contributed by atoms with Gasteiger partial charge >= 0.3 is 6.18 Å². The number of hydrogen-bond donors (Lipinski definition) is 1. The minimum absolute atomic E-state index is 0.234. The zero-order chi connectivity index (χ0) is 14.2. The van der Waals surface area contributed by atoms with E-state index in [-0.39, 0.29) is 16.8 Å². The number of aromatic nitrogens is 2. The first kappa shape index (κ1) is 12.5. The first-order chi connectivity index (χ1) is 9.54. The summed E-state index contributed by atoms with van der Waals surface area (Å²) in [5, 5.41) is 6.91. The fraction of sp³-hybridized carbons (Fsp3) is 0.0769. The quantitative estimate of drug-likeness (QED) is 0.770. The summed E-state index contributed by atoms with van der Waals surface area (Å²) in [7, 11) is 0. The highest BCUT2D eigenvalue weighted by Gasteiger charge is 2.31. The van der Waals surface area contributed by atoms with Crippen molar-refractivity contribution in [3.8, 4) is 0 Å². The van der Waals surface area contributed by atoms with Crippen LogP contribution in [0.2, 0.25) is 0 Å². The monoisotopic (exact) mass is 279 g/mol. The Bertz CT molecular complexity index is 737. The number of nitrogens with zero attached hydrogens (tertiary/aromatic N) is 2. The molecule has 0 aliphatic rings. The Morgan fingerprint density at radius 2 is 1.80 bits per heavy atom. The third-order valence-corrected chi connectivity index (χ3v) is 2.74. The van der Waals surface area contributed by atoms with Gasteiger partial charge in [0.1, 0.15) is 0 Å². The van der Waals surface area contributed by atoms with Gasteiger partial charge in [0.05, 0.1) is 10.9 Å². The highest BCUT2D eigenvalue weighted by Crippen LogP contribution is 2.34. The van der Waals surface area contributed by atoms with Gasteiger partial charge in [-0.25, -0.2) is 0 Å². The van der Waals surface area contributed by atoms with Crippen molar-refractivity contribution in [1.29, 1.82) is 0 Å². The summed E-state index contributed by atoms with van der Waals surface area (Å²) in [5.74, 6) is 0.234. The molecular weight excluding hydrogens is 271 g/mol. The first-order valence-corrected chi connectivity index (χ1v) is 5.68. The normalized spacial score (nSPS) is 11.8. The van der Waals surface area contributed by atoms with Crippen LogP contribution in [0.4, 0.5) is 24.7 Å². The maximum atomic E-state index is 12.7. The summed E-state index contributed by atoms with van der Waals surface area (Å²) in [6, 6.07) is 6.57. The van der Waals surface area contributed by atoms with Gasteiger partial charge in [0.2, 0.25) is 0 Å². The van der Waals surface area contributed by atoms with Crippen LogP contribution >= 0.6 is 0 Å². The number of benzene rings is 1. The van der Waals surface area contributed by atoms with Gasteiger partial charge in [0.25, 0.3) is 0 Å². The van der Waals surface area contributed by atoms with E-state index in [1.807, 2.05) is 0 Å². The largest absolute Gasteiger partial charge is 0.416 e. The smallest absolute Gasteiger partial charge is 0.354 e. The Labute approximate surface area is 111 Å². The first-order valence-electron chi connectivity index (χ1n) is 5.68. The molecule has 102 valence electrons. The van der Waals surface area contributed by atoms with Crippen LogP contribution in [0.5, 0.6) is 0 Å². The van der Waals surface area contributed by atoms with Crippen LogP contribution in [-0.4, -0.2) is 10.1 Å². The predicted molar refractivity (Wildman–Crippen MR) is 66.5 cm³/mol. The summed E-state index contributed by atoms with van der Waals surface area (Å²) >= 11 is 0. The molecule has 1 aromatic carbocycles. The molecule has 0 bridgehead atoms. The Kier molecular flexibility index (Phi) is 2.81. The third-order valence-electron chi connectivity index (χ3n) is 2.74. The van der Waals surface area contributed by atoms with E-state index in [0.29, 0.717) is 5.69 Å². The van der Waals surface area contributed by atoms with Crippen molar-refractivity contribution in [3.63, 3.8) is 0 Å². The molecule has 4 nitrogen and oxygen atoms in total. The minimum Gasteiger partial charge on any atom is -0.354 e. The SMILES string of the molecule is FC(F)(F)c1ccc2onc(Nc3ccncc3)c2c1. The van der Waals surface area contributed by atoms with Crippen molar-refractivity contribution in [2.45, 2.75) is 6.18 Å². The number of hydrogen-bond acceptors (Lipinski definition) is 4. The van der Waals surface area contributed by atoms with Crippen LogP contribution in [-0.2, 0) is 6.18 Å². The highest BCUT2D eigenvalue weighted by atomic mass is 19.4. The van der Waals surface area contributed by atoms with E-state index in [2.05, 4.69) is 15.5 Å². The van der Waals surface area contributed by atoms with Crippen LogP contribution in [0.1, 0.15) is 5.56 Å². The molecular formula is C13H8F3N3O. The van der Waals surface area contributed by atoms with Crippen LogP contribution < -0.4 is 5.32 Å². The maximum absolute atomic E-state index is 12.7.